The molecule has 2 rings (SSSR count). The van der Waals surface area contributed by atoms with Crippen LogP contribution in [0.1, 0.15) is 16.8 Å². The Balaban J connectivity index is 3.04. The van der Waals surface area contributed by atoms with E-state index < -0.39 is 0 Å². The van der Waals surface area contributed by atoms with Crippen molar-refractivity contribution >= 4 is 38.4 Å². The van der Waals surface area contributed by atoms with E-state index in [-0.39, 0.29) is 0 Å². The predicted octanol–water partition coefficient (Wildman–Crippen LogP) is 4.58. The zero-order chi connectivity index (χ0) is 11.2. The average Bonchev–Trinajstić information content (AvgIpc) is 2.20. The molecule has 0 atom stereocenters. The Hall–Kier alpha value is -0.600. The SMILES string of the molecule is Cc1nc2c(C)ccc(C)c2c(Br)c1Cl. The Morgan fingerprint density at radius 3 is 2.40 bits per heavy atom. The van der Waals surface area contributed by atoms with Gasteiger partial charge in [0, 0.05) is 9.86 Å². The van der Waals surface area contributed by atoms with Crippen LogP contribution < -0.4 is 0 Å². The first-order valence-electron chi connectivity index (χ1n) is 4.74. The molecule has 0 aliphatic carbocycles. The second-order valence-electron chi connectivity index (χ2n) is 3.75. The maximum Gasteiger partial charge on any atom is 0.0767 e. The highest BCUT2D eigenvalue weighted by molar-refractivity contribution is 9.10. The van der Waals surface area contributed by atoms with Gasteiger partial charge >= 0.3 is 0 Å². The van der Waals surface area contributed by atoms with Crippen LogP contribution in [-0.4, -0.2) is 4.98 Å². The third kappa shape index (κ3) is 1.66. The molecule has 1 aromatic heterocycles. The maximum atomic E-state index is 6.17. The van der Waals surface area contributed by atoms with Gasteiger partial charge in [0.25, 0.3) is 0 Å². The van der Waals surface area contributed by atoms with E-state index in [1.165, 1.54) is 11.1 Å². The summed E-state index contributed by atoms with van der Waals surface area (Å²) < 4.78 is 0.952. The van der Waals surface area contributed by atoms with Gasteiger partial charge < -0.3 is 0 Å². The summed E-state index contributed by atoms with van der Waals surface area (Å²) in [5.41, 5.74) is 4.27. The first-order valence-corrected chi connectivity index (χ1v) is 5.91. The van der Waals surface area contributed by atoms with Gasteiger partial charge in [-0.2, -0.15) is 0 Å². The molecule has 1 heterocycles. The number of pyridine rings is 1. The molecule has 0 fully saturated rings. The smallest absolute Gasteiger partial charge is 0.0767 e. The van der Waals surface area contributed by atoms with E-state index in [0.29, 0.717) is 5.02 Å². The number of fused-ring (bicyclic) bond motifs is 1. The van der Waals surface area contributed by atoms with E-state index in [1.807, 2.05) is 6.92 Å². The zero-order valence-corrected chi connectivity index (χ0v) is 11.2. The molecule has 2 aromatic rings. The molecule has 1 aromatic carbocycles. The highest BCUT2D eigenvalue weighted by Gasteiger charge is 2.11. The van der Waals surface area contributed by atoms with Crippen LogP contribution in [0.5, 0.6) is 0 Å². The summed E-state index contributed by atoms with van der Waals surface area (Å²) in [6.07, 6.45) is 0. The molecule has 0 amide bonds. The van der Waals surface area contributed by atoms with Crippen LogP contribution in [0.25, 0.3) is 10.9 Å². The summed E-state index contributed by atoms with van der Waals surface area (Å²) in [6, 6.07) is 4.18. The van der Waals surface area contributed by atoms with Crippen molar-refractivity contribution in [2.24, 2.45) is 0 Å². The minimum Gasteiger partial charge on any atom is -0.251 e. The lowest BCUT2D eigenvalue weighted by atomic mass is 10.1. The fraction of sp³-hybridized carbons (Fsp3) is 0.250. The van der Waals surface area contributed by atoms with Gasteiger partial charge in [0.05, 0.1) is 16.2 Å². The van der Waals surface area contributed by atoms with Gasteiger partial charge in [0.2, 0.25) is 0 Å². The summed E-state index contributed by atoms with van der Waals surface area (Å²) in [5.74, 6) is 0. The molecule has 0 saturated carbocycles. The van der Waals surface area contributed by atoms with Crippen molar-refractivity contribution in [3.63, 3.8) is 0 Å². The Kier molecular flexibility index (Phi) is 2.73. The van der Waals surface area contributed by atoms with Gasteiger partial charge in [0.15, 0.2) is 0 Å². The molecular weight excluding hydrogens is 273 g/mol. The quantitative estimate of drug-likeness (QED) is 0.690. The fourth-order valence-electron chi connectivity index (χ4n) is 1.70. The van der Waals surface area contributed by atoms with E-state index in [9.17, 15) is 0 Å². The van der Waals surface area contributed by atoms with Crippen LogP contribution in [0.3, 0.4) is 0 Å². The molecular formula is C12H11BrClN. The molecule has 0 radical (unpaired) electrons. The molecule has 78 valence electrons. The number of hydrogen-bond acceptors (Lipinski definition) is 1. The summed E-state index contributed by atoms with van der Waals surface area (Å²) in [5, 5.41) is 1.82. The van der Waals surface area contributed by atoms with Gasteiger partial charge in [-0.25, -0.2) is 0 Å². The zero-order valence-electron chi connectivity index (χ0n) is 8.86. The Bertz CT molecular complexity index is 549. The second-order valence-corrected chi connectivity index (χ2v) is 4.92. The van der Waals surface area contributed by atoms with Crippen molar-refractivity contribution in [3.8, 4) is 0 Å². The lowest BCUT2D eigenvalue weighted by Crippen LogP contribution is -1.92. The van der Waals surface area contributed by atoms with Gasteiger partial charge in [-0.1, -0.05) is 23.7 Å². The fourth-order valence-corrected chi connectivity index (χ4v) is 2.63. The minimum atomic E-state index is 0.705. The molecule has 0 spiro atoms. The van der Waals surface area contributed by atoms with Crippen LogP contribution in [0.4, 0.5) is 0 Å². The normalized spacial score (nSPS) is 11.0. The third-order valence-corrected chi connectivity index (χ3v) is 4.08. The summed E-state index contributed by atoms with van der Waals surface area (Å²) in [7, 11) is 0. The van der Waals surface area contributed by atoms with Crippen LogP contribution in [0, 0.1) is 20.8 Å². The highest BCUT2D eigenvalue weighted by Crippen LogP contribution is 2.35. The first kappa shape index (κ1) is 10.9. The number of benzene rings is 1. The molecule has 3 heteroatoms. The van der Waals surface area contributed by atoms with Crippen LogP contribution in [-0.2, 0) is 0 Å². The lowest BCUT2D eigenvalue weighted by Gasteiger charge is -2.10. The van der Waals surface area contributed by atoms with Crippen molar-refractivity contribution in [1.82, 2.24) is 4.98 Å². The standard InChI is InChI=1S/C12H11BrClN/c1-6-4-5-7(2)12-9(6)10(13)11(14)8(3)15-12/h4-5H,1-3H3. The molecule has 15 heavy (non-hydrogen) atoms. The number of hydrogen-bond donors (Lipinski definition) is 0. The molecule has 0 bridgehead atoms. The van der Waals surface area contributed by atoms with Crippen molar-refractivity contribution in [2.45, 2.75) is 20.8 Å². The topological polar surface area (TPSA) is 12.9 Å². The molecule has 0 aliphatic rings. The van der Waals surface area contributed by atoms with E-state index in [1.54, 1.807) is 0 Å². The van der Waals surface area contributed by atoms with Gasteiger partial charge in [0.1, 0.15) is 0 Å². The molecule has 0 unspecified atom stereocenters. The monoisotopic (exact) mass is 283 g/mol. The van der Waals surface area contributed by atoms with Crippen LogP contribution in [0.2, 0.25) is 5.02 Å². The number of nitrogens with zero attached hydrogens (tertiary/aromatic N) is 1. The second kappa shape index (κ2) is 3.76. The number of halogens is 2. The predicted molar refractivity (Wildman–Crippen MR) is 68.7 cm³/mol. The van der Waals surface area contributed by atoms with Gasteiger partial charge in [-0.3, -0.25) is 4.98 Å². The lowest BCUT2D eigenvalue weighted by molar-refractivity contribution is 1.23. The van der Waals surface area contributed by atoms with Gasteiger partial charge in [-0.05, 0) is 47.8 Å². The van der Waals surface area contributed by atoms with Crippen LogP contribution >= 0.6 is 27.5 Å². The maximum absolute atomic E-state index is 6.17. The van der Waals surface area contributed by atoms with E-state index >= 15 is 0 Å². The summed E-state index contributed by atoms with van der Waals surface area (Å²) in [6.45, 7) is 6.06. The largest absolute Gasteiger partial charge is 0.251 e. The minimum absolute atomic E-state index is 0.705. The Labute approximate surface area is 103 Å². The highest BCUT2D eigenvalue weighted by atomic mass is 79.9. The van der Waals surface area contributed by atoms with E-state index in [4.69, 9.17) is 11.6 Å². The van der Waals surface area contributed by atoms with Crippen molar-refractivity contribution < 1.29 is 0 Å². The van der Waals surface area contributed by atoms with E-state index in [0.717, 1.165) is 21.1 Å². The number of aromatic nitrogens is 1. The number of aryl methyl sites for hydroxylation is 3. The van der Waals surface area contributed by atoms with Crippen molar-refractivity contribution in [1.29, 1.82) is 0 Å². The number of rotatable bonds is 0. The Morgan fingerprint density at radius 1 is 1.13 bits per heavy atom. The third-order valence-electron chi connectivity index (χ3n) is 2.60. The van der Waals surface area contributed by atoms with Crippen molar-refractivity contribution in [3.05, 3.63) is 38.4 Å². The first-order chi connectivity index (χ1) is 7.02. The summed E-state index contributed by atoms with van der Waals surface area (Å²) >= 11 is 9.72. The molecule has 0 aliphatic heterocycles. The molecule has 1 nitrogen and oxygen atoms in total. The Morgan fingerprint density at radius 2 is 1.73 bits per heavy atom. The van der Waals surface area contributed by atoms with E-state index in [2.05, 4.69) is 46.9 Å². The van der Waals surface area contributed by atoms with Gasteiger partial charge in [-0.15, -0.1) is 0 Å². The average molecular weight is 285 g/mol. The summed E-state index contributed by atoms with van der Waals surface area (Å²) in [4.78, 5) is 4.53. The van der Waals surface area contributed by atoms with Crippen molar-refractivity contribution in [2.75, 3.05) is 0 Å². The molecule has 0 N–H and O–H groups in total. The molecule has 0 saturated heterocycles. The van der Waals surface area contributed by atoms with Crippen LogP contribution in [0.15, 0.2) is 16.6 Å².